The summed E-state index contributed by atoms with van der Waals surface area (Å²) in [4.78, 5) is 8.12. The first-order chi connectivity index (χ1) is 12.8. The molecule has 3 rings (SSSR count). The number of thiophene rings is 1. The van der Waals surface area contributed by atoms with E-state index < -0.39 is 10.0 Å². The lowest BCUT2D eigenvalue weighted by Crippen LogP contribution is -2.13. The highest BCUT2D eigenvalue weighted by Gasteiger charge is 2.22. The van der Waals surface area contributed by atoms with Crippen LogP contribution < -0.4 is 9.46 Å². The third-order valence-corrected chi connectivity index (χ3v) is 6.92. The van der Waals surface area contributed by atoms with Crippen LogP contribution in [0.2, 0.25) is 9.36 Å². The van der Waals surface area contributed by atoms with Crippen LogP contribution in [0.5, 0.6) is 11.6 Å². The zero-order valence-electron chi connectivity index (χ0n) is 13.6. The van der Waals surface area contributed by atoms with Gasteiger partial charge in [0.05, 0.1) is 16.8 Å². The summed E-state index contributed by atoms with van der Waals surface area (Å²) in [5, 5.41) is 9.21. The van der Waals surface area contributed by atoms with Crippen molar-refractivity contribution < 1.29 is 13.2 Å². The molecule has 0 saturated carbocycles. The van der Waals surface area contributed by atoms with Crippen molar-refractivity contribution in [2.75, 3.05) is 4.72 Å². The number of halogens is 2. The predicted molar refractivity (Wildman–Crippen MR) is 103 cm³/mol. The molecule has 0 aliphatic rings. The SMILES string of the molecule is Cc1ccc(Oc2ncc(C#N)cc2NS(=O)(=O)c2cc(Cl)c(Cl)s2)cn1. The molecule has 138 valence electrons. The lowest BCUT2D eigenvalue weighted by atomic mass is 10.3. The topological polar surface area (TPSA) is 105 Å². The number of hydrogen-bond donors (Lipinski definition) is 1. The van der Waals surface area contributed by atoms with Gasteiger partial charge in [0.2, 0.25) is 5.88 Å². The van der Waals surface area contributed by atoms with E-state index in [9.17, 15) is 8.42 Å². The monoisotopic (exact) mass is 440 g/mol. The van der Waals surface area contributed by atoms with Gasteiger partial charge < -0.3 is 4.74 Å². The molecule has 0 aromatic carbocycles. The van der Waals surface area contributed by atoms with Crippen LogP contribution in [0.15, 0.2) is 40.9 Å². The number of anilines is 1. The smallest absolute Gasteiger partial charge is 0.271 e. The van der Waals surface area contributed by atoms with Gasteiger partial charge in [0, 0.05) is 11.9 Å². The maximum Gasteiger partial charge on any atom is 0.271 e. The summed E-state index contributed by atoms with van der Waals surface area (Å²) in [6, 6.07) is 7.86. The summed E-state index contributed by atoms with van der Waals surface area (Å²) in [5.74, 6) is 0.331. The maximum atomic E-state index is 12.6. The number of rotatable bonds is 5. The summed E-state index contributed by atoms with van der Waals surface area (Å²) in [7, 11) is -4.01. The van der Waals surface area contributed by atoms with Gasteiger partial charge in [-0.05, 0) is 31.2 Å². The maximum absolute atomic E-state index is 12.6. The number of nitriles is 1. The molecule has 1 N–H and O–H groups in total. The molecule has 0 amide bonds. The molecule has 7 nitrogen and oxygen atoms in total. The van der Waals surface area contributed by atoms with Gasteiger partial charge in [-0.3, -0.25) is 9.71 Å². The second-order valence-electron chi connectivity index (χ2n) is 5.22. The Bertz CT molecular complexity index is 1120. The third kappa shape index (κ3) is 4.48. The average Bonchev–Trinajstić information content (AvgIpc) is 2.98. The zero-order chi connectivity index (χ0) is 19.6. The molecule has 0 saturated heterocycles. The first-order valence-corrected chi connectivity index (χ1v) is 10.3. The van der Waals surface area contributed by atoms with Crippen molar-refractivity contribution in [2.24, 2.45) is 0 Å². The number of ether oxygens (including phenoxy) is 1. The number of nitrogens with zero attached hydrogens (tertiary/aromatic N) is 3. The first kappa shape index (κ1) is 19.4. The summed E-state index contributed by atoms with van der Waals surface area (Å²) < 4.78 is 33.3. The van der Waals surface area contributed by atoms with Crippen LogP contribution in [0.1, 0.15) is 11.3 Å². The van der Waals surface area contributed by atoms with Gasteiger partial charge in [-0.25, -0.2) is 13.4 Å². The van der Waals surface area contributed by atoms with Crippen LogP contribution in [-0.2, 0) is 10.0 Å². The molecule has 0 fully saturated rings. The highest BCUT2D eigenvalue weighted by molar-refractivity contribution is 7.94. The Morgan fingerprint density at radius 1 is 1.22 bits per heavy atom. The van der Waals surface area contributed by atoms with E-state index >= 15 is 0 Å². The van der Waals surface area contributed by atoms with Crippen LogP contribution in [0.3, 0.4) is 0 Å². The van der Waals surface area contributed by atoms with Crippen molar-refractivity contribution in [1.29, 1.82) is 5.26 Å². The molecule has 0 atom stereocenters. The molecule has 0 unspecified atom stereocenters. The van der Waals surface area contributed by atoms with Gasteiger partial charge in [-0.2, -0.15) is 5.26 Å². The molecular formula is C16H10Cl2N4O3S2. The van der Waals surface area contributed by atoms with Crippen molar-refractivity contribution in [3.8, 4) is 17.7 Å². The molecule has 0 aliphatic carbocycles. The Kier molecular flexibility index (Phi) is 5.53. The van der Waals surface area contributed by atoms with Gasteiger partial charge in [0.25, 0.3) is 10.0 Å². The lowest BCUT2D eigenvalue weighted by Gasteiger charge is -2.12. The first-order valence-electron chi connectivity index (χ1n) is 7.27. The van der Waals surface area contributed by atoms with Crippen LogP contribution >= 0.6 is 34.5 Å². The van der Waals surface area contributed by atoms with Crippen molar-refractivity contribution in [3.63, 3.8) is 0 Å². The number of sulfonamides is 1. The van der Waals surface area contributed by atoms with Crippen molar-refractivity contribution in [3.05, 3.63) is 57.3 Å². The summed E-state index contributed by atoms with van der Waals surface area (Å²) in [6.45, 7) is 1.82. The second kappa shape index (κ2) is 7.70. The number of hydrogen-bond acceptors (Lipinski definition) is 7. The Balaban J connectivity index is 1.97. The van der Waals surface area contributed by atoms with E-state index in [0.29, 0.717) is 5.75 Å². The lowest BCUT2D eigenvalue weighted by molar-refractivity contribution is 0.463. The normalized spacial score (nSPS) is 11.0. The van der Waals surface area contributed by atoms with Crippen LogP contribution in [0, 0.1) is 18.3 Å². The Labute approximate surface area is 169 Å². The molecule has 3 heterocycles. The van der Waals surface area contributed by atoms with E-state index in [0.717, 1.165) is 17.0 Å². The highest BCUT2D eigenvalue weighted by Crippen LogP contribution is 2.36. The molecule has 3 aromatic heterocycles. The number of aryl methyl sites for hydroxylation is 1. The van der Waals surface area contributed by atoms with E-state index in [1.807, 2.05) is 13.0 Å². The van der Waals surface area contributed by atoms with E-state index in [2.05, 4.69) is 14.7 Å². The van der Waals surface area contributed by atoms with E-state index in [4.69, 9.17) is 33.2 Å². The number of aromatic nitrogens is 2. The molecule has 0 radical (unpaired) electrons. The fraction of sp³-hybridized carbons (Fsp3) is 0.0625. The second-order valence-corrected chi connectivity index (χ2v) is 9.19. The third-order valence-electron chi connectivity index (χ3n) is 3.21. The highest BCUT2D eigenvalue weighted by atomic mass is 35.5. The fourth-order valence-corrected chi connectivity index (χ4v) is 4.88. The van der Waals surface area contributed by atoms with Gasteiger partial charge >= 0.3 is 0 Å². The number of pyridine rings is 2. The molecule has 0 spiro atoms. The van der Waals surface area contributed by atoms with E-state index in [1.165, 1.54) is 24.5 Å². The van der Waals surface area contributed by atoms with Gasteiger partial charge in [0.15, 0.2) is 0 Å². The largest absolute Gasteiger partial charge is 0.435 e. The standard InChI is InChI=1S/C16H10Cl2N4O3S2/c1-9-2-3-11(8-20-9)25-16-13(4-10(6-19)7-21-16)22-27(23,24)14-5-12(17)15(18)26-14/h2-5,7-8,22H,1H3. The van der Waals surface area contributed by atoms with E-state index in [-0.39, 0.29) is 30.7 Å². The van der Waals surface area contributed by atoms with E-state index in [1.54, 1.807) is 12.1 Å². The minimum Gasteiger partial charge on any atom is -0.435 e. The van der Waals surface area contributed by atoms with Crippen LogP contribution in [0.4, 0.5) is 5.69 Å². The van der Waals surface area contributed by atoms with Crippen LogP contribution in [-0.4, -0.2) is 18.4 Å². The molecule has 27 heavy (non-hydrogen) atoms. The Morgan fingerprint density at radius 2 is 2.00 bits per heavy atom. The summed E-state index contributed by atoms with van der Waals surface area (Å²) in [5.41, 5.74) is 0.946. The van der Waals surface area contributed by atoms with Crippen molar-refractivity contribution >= 4 is 50.2 Å². The average molecular weight is 441 g/mol. The molecule has 0 aliphatic heterocycles. The Hall–Kier alpha value is -2.38. The minimum absolute atomic E-state index is 0.00438. The van der Waals surface area contributed by atoms with Gasteiger partial charge in [-0.15, -0.1) is 11.3 Å². The molecule has 11 heteroatoms. The number of nitrogens with one attached hydrogen (secondary N) is 1. The Morgan fingerprint density at radius 3 is 2.59 bits per heavy atom. The molecular weight excluding hydrogens is 431 g/mol. The fourth-order valence-electron chi connectivity index (χ4n) is 1.95. The minimum atomic E-state index is -4.01. The van der Waals surface area contributed by atoms with Gasteiger partial charge in [-0.1, -0.05) is 23.2 Å². The van der Waals surface area contributed by atoms with Crippen molar-refractivity contribution in [2.45, 2.75) is 11.1 Å². The quantitative estimate of drug-likeness (QED) is 0.620. The molecule has 3 aromatic rings. The van der Waals surface area contributed by atoms with Crippen LogP contribution in [0.25, 0.3) is 0 Å². The van der Waals surface area contributed by atoms with Gasteiger partial charge in [0.1, 0.15) is 26.1 Å². The zero-order valence-corrected chi connectivity index (χ0v) is 16.7. The molecule has 0 bridgehead atoms. The summed E-state index contributed by atoms with van der Waals surface area (Å²) >= 11 is 12.5. The van der Waals surface area contributed by atoms with Crippen molar-refractivity contribution in [1.82, 2.24) is 9.97 Å². The summed E-state index contributed by atoms with van der Waals surface area (Å²) in [6.07, 6.45) is 2.75. The predicted octanol–water partition coefficient (Wildman–Crippen LogP) is 4.62.